The number of rotatable bonds is 6. The zero-order valence-electron chi connectivity index (χ0n) is 11.0. The zero-order chi connectivity index (χ0) is 15.3. The number of benzene rings is 2. The van der Waals surface area contributed by atoms with Crippen LogP contribution >= 0.6 is 0 Å². The maximum Gasteiger partial charge on any atom is 0.322 e. The quantitative estimate of drug-likeness (QED) is 0.758. The normalized spacial score (nSPS) is 10.9. The number of anilines is 2. The first-order valence-electron chi connectivity index (χ1n) is 6.11. The summed E-state index contributed by atoms with van der Waals surface area (Å²) in [5.41, 5.74) is 0.884. The predicted octanol–water partition coefficient (Wildman–Crippen LogP) is 1.98. The van der Waals surface area contributed by atoms with Crippen molar-refractivity contribution >= 4 is 27.4 Å². The minimum Gasteiger partial charge on any atom is -0.480 e. The van der Waals surface area contributed by atoms with Crippen LogP contribution in [0.15, 0.2) is 59.5 Å². The van der Waals surface area contributed by atoms with E-state index in [1.54, 1.807) is 42.5 Å². The van der Waals surface area contributed by atoms with E-state index >= 15 is 0 Å². The van der Waals surface area contributed by atoms with Crippen molar-refractivity contribution in [3.05, 3.63) is 54.6 Å². The molecule has 0 saturated heterocycles. The van der Waals surface area contributed by atoms with Crippen LogP contribution in [0.1, 0.15) is 0 Å². The first-order valence-corrected chi connectivity index (χ1v) is 7.59. The second-order valence-electron chi connectivity index (χ2n) is 4.25. The highest BCUT2D eigenvalue weighted by Gasteiger charge is 2.14. The molecule has 0 aromatic heterocycles. The Morgan fingerprint density at radius 2 is 1.67 bits per heavy atom. The molecule has 110 valence electrons. The van der Waals surface area contributed by atoms with Gasteiger partial charge in [0.1, 0.15) is 6.54 Å². The second kappa shape index (κ2) is 6.27. The lowest BCUT2D eigenvalue weighted by atomic mass is 10.3. The molecule has 0 aliphatic heterocycles. The molecule has 0 bridgehead atoms. The minimum atomic E-state index is -3.71. The van der Waals surface area contributed by atoms with Gasteiger partial charge in [-0.15, -0.1) is 0 Å². The van der Waals surface area contributed by atoms with E-state index in [1.165, 1.54) is 12.1 Å². The van der Waals surface area contributed by atoms with Crippen molar-refractivity contribution < 1.29 is 18.3 Å². The third kappa shape index (κ3) is 4.22. The molecule has 0 saturated carbocycles. The highest BCUT2D eigenvalue weighted by Crippen LogP contribution is 2.18. The molecule has 21 heavy (non-hydrogen) atoms. The van der Waals surface area contributed by atoms with Crippen molar-refractivity contribution in [2.45, 2.75) is 4.90 Å². The molecule has 0 aliphatic carbocycles. The SMILES string of the molecule is O=C(O)CNc1cccc(S(=O)(=O)Nc2ccccc2)c1. The molecule has 2 aromatic rings. The lowest BCUT2D eigenvalue weighted by molar-refractivity contribution is -0.134. The molecular weight excluding hydrogens is 292 g/mol. The van der Waals surface area contributed by atoms with Gasteiger partial charge < -0.3 is 10.4 Å². The Hall–Kier alpha value is -2.54. The van der Waals surface area contributed by atoms with Gasteiger partial charge in [-0.3, -0.25) is 9.52 Å². The summed E-state index contributed by atoms with van der Waals surface area (Å²) in [6.07, 6.45) is 0. The number of para-hydroxylation sites is 1. The van der Waals surface area contributed by atoms with Gasteiger partial charge in [0.2, 0.25) is 0 Å². The average molecular weight is 306 g/mol. The molecule has 0 amide bonds. The molecule has 0 aliphatic rings. The Bertz CT molecular complexity index is 730. The summed E-state index contributed by atoms with van der Waals surface area (Å²) in [6.45, 7) is -0.282. The van der Waals surface area contributed by atoms with E-state index in [0.717, 1.165) is 0 Å². The van der Waals surface area contributed by atoms with E-state index in [2.05, 4.69) is 10.0 Å². The Balaban J connectivity index is 2.20. The summed E-state index contributed by atoms with van der Waals surface area (Å²) in [4.78, 5) is 10.6. The summed E-state index contributed by atoms with van der Waals surface area (Å²) in [6, 6.07) is 14.5. The first-order chi connectivity index (χ1) is 9.97. The predicted molar refractivity (Wildman–Crippen MR) is 79.8 cm³/mol. The molecule has 3 N–H and O–H groups in total. The number of hydrogen-bond acceptors (Lipinski definition) is 4. The van der Waals surface area contributed by atoms with Gasteiger partial charge >= 0.3 is 5.97 Å². The summed E-state index contributed by atoms with van der Waals surface area (Å²) in [5.74, 6) is -1.02. The van der Waals surface area contributed by atoms with Gasteiger partial charge in [-0.1, -0.05) is 24.3 Å². The van der Waals surface area contributed by atoms with E-state index < -0.39 is 16.0 Å². The smallest absolute Gasteiger partial charge is 0.322 e. The molecule has 2 aromatic carbocycles. The standard InChI is InChI=1S/C14H14N2O4S/c17-14(18)10-15-12-7-4-8-13(9-12)21(19,20)16-11-5-2-1-3-6-11/h1-9,15-16H,10H2,(H,17,18). The molecule has 0 atom stereocenters. The number of hydrogen-bond donors (Lipinski definition) is 3. The van der Waals surface area contributed by atoms with E-state index in [9.17, 15) is 13.2 Å². The lowest BCUT2D eigenvalue weighted by Crippen LogP contribution is -2.15. The monoisotopic (exact) mass is 306 g/mol. The molecule has 0 heterocycles. The van der Waals surface area contributed by atoms with Gasteiger partial charge in [0.15, 0.2) is 0 Å². The second-order valence-corrected chi connectivity index (χ2v) is 5.93. The first kappa shape index (κ1) is 14.9. The summed E-state index contributed by atoms with van der Waals surface area (Å²) in [7, 11) is -3.71. The van der Waals surface area contributed by atoms with Crippen molar-refractivity contribution in [1.29, 1.82) is 0 Å². The molecule has 7 heteroatoms. The van der Waals surface area contributed by atoms with Crippen molar-refractivity contribution in [1.82, 2.24) is 0 Å². The van der Waals surface area contributed by atoms with Crippen LogP contribution in [-0.2, 0) is 14.8 Å². The van der Waals surface area contributed by atoms with Crippen LogP contribution in [0.5, 0.6) is 0 Å². The number of nitrogens with one attached hydrogen (secondary N) is 2. The number of carbonyl (C=O) groups is 1. The van der Waals surface area contributed by atoms with Crippen LogP contribution < -0.4 is 10.0 Å². The highest BCUT2D eigenvalue weighted by molar-refractivity contribution is 7.92. The minimum absolute atomic E-state index is 0.0572. The fourth-order valence-corrected chi connectivity index (χ4v) is 2.78. The topological polar surface area (TPSA) is 95.5 Å². The van der Waals surface area contributed by atoms with Crippen molar-refractivity contribution in [2.75, 3.05) is 16.6 Å². The Labute approximate surface area is 122 Å². The van der Waals surface area contributed by atoms with Crippen LogP contribution in [0.25, 0.3) is 0 Å². The molecular formula is C14H14N2O4S. The molecule has 0 fully saturated rings. The van der Waals surface area contributed by atoms with E-state index in [4.69, 9.17) is 5.11 Å². The van der Waals surface area contributed by atoms with Crippen molar-refractivity contribution in [3.63, 3.8) is 0 Å². The molecule has 6 nitrogen and oxygen atoms in total. The van der Waals surface area contributed by atoms with Gasteiger partial charge in [0, 0.05) is 11.4 Å². The van der Waals surface area contributed by atoms with Gasteiger partial charge in [0.05, 0.1) is 4.90 Å². The van der Waals surface area contributed by atoms with Gasteiger partial charge in [-0.2, -0.15) is 0 Å². The molecule has 0 spiro atoms. The number of aliphatic carboxylic acids is 1. The highest BCUT2D eigenvalue weighted by atomic mass is 32.2. The summed E-state index contributed by atoms with van der Waals surface area (Å²) < 4.78 is 26.9. The van der Waals surface area contributed by atoms with Crippen LogP contribution in [0.2, 0.25) is 0 Å². The number of carboxylic acid groups (broad SMARTS) is 1. The van der Waals surface area contributed by atoms with E-state index in [1.807, 2.05) is 0 Å². The maximum atomic E-state index is 12.2. The molecule has 2 rings (SSSR count). The van der Waals surface area contributed by atoms with Crippen LogP contribution in [-0.4, -0.2) is 26.0 Å². The summed E-state index contributed by atoms with van der Waals surface area (Å²) in [5, 5.41) is 11.2. The average Bonchev–Trinajstić information content (AvgIpc) is 2.46. The van der Waals surface area contributed by atoms with Crippen LogP contribution in [0.4, 0.5) is 11.4 Å². The fourth-order valence-electron chi connectivity index (χ4n) is 1.67. The Kier molecular flexibility index (Phi) is 4.44. The van der Waals surface area contributed by atoms with Gasteiger partial charge in [-0.05, 0) is 30.3 Å². The third-order valence-electron chi connectivity index (χ3n) is 2.61. The maximum absolute atomic E-state index is 12.2. The van der Waals surface area contributed by atoms with Crippen LogP contribution in [0.3, 0.4) is 0 Å². The Morgan fingerprint density at radius 3 is 2.33 bits per heavy atom. The number of carboxylic acids is 1. The van der Waals surface area contributed by atoms with E-state index in [-0.39, 0.29) is 11.4 Å². The fraction of sp³-hybridized carbons (Fsp3) is 0.0714. The summed E-state index contributed by atoms with van der Waals surface area (Å²) >= 11 is 0. The third-order valence-corrected chi connectivity index (χ3v) is 3.99. The van der Waals surface area contributed by atoms with Crippen molar-refractivity contribution in [3.8, 4) is 0 Å². The van der Waals surface area contributed by atoms with Crippen LogP contribution in [0, 0.1) is 0 Å². The largest absolute Gasteiger partial charge is 0.480 e. The van der Waals surface area contributed by atoms with Gasteiger partial charge in [0.25, 0.3) is 10.0 Å². The zero-order valence-corrected chi connectivity index (χ0v) is 11.8. The number of sulfonamides is 1. The molecule has 0 radical (unpaired) electrons. The van der Waals surface area contributed by atoms with Crippen molar-refractivity contribution in [2.24, 2.45) is 0 Å². The Morgan fingerprint density at radius 1 is 1.00 bits per heavy atom. The molecule has 0 unspecified atom stereocenters. The lowest BCUT2D eigenvalue weighted by Gasteiger charge is -2.10. The van der Waals surface area contributed by atoms with E-state index in [0.29, 0.717) is 11.4 Å². The van der Waals surface area contributed by atoms with Gasteiger partial charge in [-0.25, -0.2) is 8.42 Å².